The average molecular weight is 344 g/mol. The molecule has 0 N–H and O–H groups in total. The van der Waals surface area contributed by atoms with Gasteiger partial charge < -0.3 is 4.90 Å². The van der Waals surface area contributed by atoms with E-state index in [0.29, 0.717) is 24.5 Å². The van der Waals surface area contributed by atoms with Gasteiger partial charge in [-0.05, 0) is 52.0 Å². The summed E-state index contributed by atoms with van der Waals surface area (Å²) in [5, 5.41) is 4.15. The van der Waals surface area contributed by atoms with Crippen LogP contribution in [0.2, 0.25) is 5.02 Å². The summed E-state index contributed by atoms with van der Waals surface area (Å²) in [6.45, 7) is 2.80. The highest BCUT2D eigenvalue weighted by molar-refractivity contribution is 9.10. The van der Waals surface area contributed by atoms with E-state index in [1.807, 2.05) is 19.1 Å². The molecule has 1 aromatic carbocycles. The van der Waals surface area contributed by atoms with Crippen LogP contribution in [-0.4, -0.2) is 19.0 Å². The predicted molar refractivity (Wildman–Crippen MR) is 78.4 cm³/mol. The lowest BCUT2D eigenvalue weighted by atomic mass is 10.1. The first kappa shape index (κ1) is 14.2. The molecule has 1 aliphatic heterocycles. The van der Waals surface area contributed by atoms with Crippen molar-refractivity contribution in [1.82, 2.24) is 0 Å². The van der Waals surface area contributed by atoms with E-state index in [1.165, 1.54) is 0 Å². The molecule has 1 amide bonds. The topological polar surface area (TPSA) is 69.1 Å². The van der Waals surface area contributed by atoms with Crippen molar-refractivity contribution in [3.8, 4) is 0 Å². The Morgan fingerprint density at radius 2 is 2.37 bits per heavy atom. The minimum absolute atomic E-state index is 0.0413. The SMILES string of the molecule is Cc1c(N2CC(CN=[N+]=[N-])CC2=O)ccc(Br)c1Cl. The van der Waals surface area contributed by atoms with Crippen LogP contribution in [0.1, 0.15) is 12.0 Å². The summed E-state index contributed by atoms with van der Waals surface area (Å²) >= 11 is 9.54. The summed E-state index contributed by atoms with van der Waals surface area (Å²) in [6, 6.07) is 3.71. The lowest BCUT2D eigenvalue weighted by Gasteiger charge is -2.20. The fourth-order valence-corrected chi connectivity index (χ4v) is 2.81. The first-order valence-corrected chi connectivity index (χ1v) is 6.97. The molecule has 2 rings (SSSR count). The van der Waals surface area contributed by atoms with Crippen molar-refractivity contribution in [3.63, 3.8) is 0 Å². The second-order valence-electron chi connectivity index (χ2n) is 4.49. The molecule has 1 saturated heterocycles. The first-order chi connectivity index (χ1) is 9.04. The Balaban J connectivity index is 2.26. The van der Waals surface area contributed by atoms with E-state index in [4.69, 9.17) is 17.1 Å². The number of anilines is 1. The number of halogens is 2. The average Bonchev–Trinajstić information content (AvgIpc) is 2.75. The van der Waals surface area contributed by atoms with Crippen molar-refractivity contribution in [2.45, 2.75) is 13.3 Å². The van der Waals surface area contributed by atoms with Crippen LogP contribution in [0.4, 0.5) is 5.69 Å². The molecule has 1 atom stereocenters. The highest BCUT2D eigenvalue weighted by atomic mass is 79.9. The van der Waals surface area contributed by atoms with Gasteiger partial charge in [-0.2, -0.15) is 0 Å². The van der Waals surface area contributed by atoms with Crippen LogP contribution in [0.15, 0.2) is 21.7 Å². The molecule has 1 heterocycles. The predicted octanol–water partition coefficient (Wildman–Crippen LogP) is 4.07. The molecule has 7 heteroatoms. The number of carbonyl (C=O) groups excluding carboxylic acids is 1. The number of hydrogen-bond acceptors (Lipinski definition) is 2. The number of rotatable bonds is 3. The third kappa shape index (κ3) is 2.86. The van der Waals surface area contributed by atoms with Crippen molar-refractivity contribution in [2.24, 2.45) is 11.0 Å². The maximum Gasteiger partial charge on any atom is 0.227 e. The van der Waals surface area contributed by atoms with Crippen molar-refractivity contribution in [2.75, 3.05) is 18.0 Å². The molecule has 0 saturated carbocycles. The number of amides is 1. The Kier molecular flexibility index (Phi) is 4.34. The quantitative estimate of drug-likeness (QED) is 0.463. The van der Waals surface area contributed by atoms with Gasteiger partial charge in [0.25, 0.3) is 0 Å². The second-order valence-corrected chi connectivity index (χ2v) is 5.73. The third-order valence-corrected chi connectivity index (χ3v) is 4.59. The van der Waals surface area contributed by atoms with Crippen molar-refractivity contribution in [1.29, 1.82) is 0 Å². The molecule has 1 unspecified atom stereocenters. The van der Waals surface area contributed by atoms with E-state index in [1.54, 1.807) is 4.90 Å². The summed E-state index contributed by atoms with van der Waals surface area (Å²) in [5.41, 5.74) is 10.0. The van der Waals surface area contributed by atoms with Crippen LogP contribution < -0.4 is 4.90 Å². The van der Waals surface area contributed by atoms with Crippen molar-refractivity contribution >= 4 is 39.1 Å². The molecule has 100 valence electrons. The van der Waals surface area contributed by atoms with Gasteiger partial charge in [0.2, 0.25) is 5.91 Å². The van der Waals surface area contributed by atoms with E-state index in [0.717, 1.165) is 15.7 Å². The number of azide groups is 1. The minimum atomic E-state index is 0.0413. The van der Waals surface area contributed by atoms with Gasteiger partial charge in [-0.25, -0.2) is 0 Å². The summed E-state index contributed by atoms with van der Waals surface area (Å²) in [5.74, 6) is 0.116. The van der Waals surface area contributed by atoms with E-state index < -0.39 is 0 Å². The molecule has 0 aromatic heterocycles. The van der Waals surface area contributed by atoms with Gasteiger partial charge in [-0.1, -0.05) is 16.7 Å². The molecule has 0 spiro atoms. The van der Waals surface area contributed by atoms with Crippen molar-refractivity contribution in [3.05, 3.63) is 37.6 Å². The monoisotopic (exact) mass is 342 g/mol. The standard InChI is InChI=1S/C12H12BrClN4O/c1-7-10(3-2-9(13)12(7)14)18-6-8(4-11(18)19)5-16-17-15/h2-3,8H,4-6H2,1H3. The Labute approximate surface area is 124 Å². The van der Waals surface area contributed by atoms with E-state index >= 15 is 0 Å². The zero-order chi connectivity index (χ0) is 14.0. The van der Waals surface area contributed by atoms with Gasteiger partial charge in [0, 0.05) is 34.6 Å². The highest BCUT2D eigenvalue weighted by Crippen LogP contribution is 2.35. The number of nitrogens with zero attached hydrogens (tertiary/aromatic N) is 4. The largest absolute Gasteiger partial charge is 0.312 e. The highest BCUT2D eigenvalue weighted by Gasteiger charge is 2.31. The van der Waals surface area contributed by atoms with E-state index in [2.05, 4.69) is 26.0 Å². The van der Waals surface area contributed by atoms with Crippen LogP contribution in [0.5, 0.6) is 0 Å². The molecular formula is C12H12BrClN4O. The molecule has 19 heavy (non-hydrogen) atoms. The molecule has 1 fully saturated rings. The van der Waals surface area contributed by atoms with Gasteiger partial charge in [0.1, 0.15) is 0 Å². The fraction of sp³-hybridized carbons (Fsp3) is 0.417. The smallest absolute Gasteiger partial charge is 0.227 e. The molecule has 5 nitrogen and oxygen atoms in total. The van der Waals surface area contributed by atoms with Crippen molar-refractivity contribution < 1.29 is 4.79 Å². The summed E-state index contributed by atoms with van der Waals surface area (Å²) in [4.78, 5) is 16.5. The van der Waals surface area contributed by atoms with Gasteiger partial charge in [0.15, 0.2) is 0 Å². The van der Waals surface area contributed by atoms with Crippen LogP contribution in [-0.2, 0) is 4.79 Å². The molecular weight excluding hydrogens is 332 g/mol. The van der Waals surface area contributed by atoms with Crippen LogP contribution in [0.3, 0.4) is 0 Å². The number of benzene rings is 1. The van der Waals surface area contributed by atoms with E-state index in [9.17, 15) is 4.79 Å². The first-order valence-electron chi connectivity index (χ1n) is 5.80. The Morgan fingerprint density at radius 3 is 3.05 bits per heavy atom. The van der Waals surface area contributed by atoms with Gasteiger partial charge >= 0.3 is 0 Å². The maximum atomic E-state index is 12.0. The number of hydrogen-bond donors (Lipinski definition) is 0. The Morgan fingerprint density at radius 1 is 1.63 bits per heavy atom. The van der Waals surface area contributed by atoms with Crippen LogP contribution >= 0.6 is 27.5 Å². The molecule has 0 bridgehead atoms. The molecule has 0 aliphatic carbocycles. The van der Waals surface area contributed by atoms with E-state index in [-0.39, 0.29) is 11.8 Å². The summed E-state index contributed by atoms with van der Waals surface area (Å²) in [6.07, 6.45) is 0.409. The lowest BCUT2D eigenvalue weighted by molar-refractivity contribution is -0.117. The maximum absolute atomic E-state index is 12.0. The zero-order valence-electron chi connectivity index (χ0n) is 10.3. The van der Waals surface area contributed by atoms with Gasteiger partial charge in [-0.15, -0.1) is 0 Å². The third-order valence-electron chi connectivity index (χ3n) is 3.21. The van der Waals surface area contributed by atoms with Gasteiger partial charge in [-0.3, -0.25) is 4.79 Å². The zero-order valence-corrected chi connectivity index (χ0v) is 12.6. The van der Waals surface area contributed by atoms with Crippen LogP contribution in [0.25, 0.3) is 10.4 Å². The Hall–Kier alpha value is -1.23. The normalized spacial score (nSPS) is 18.6. The lowest BCUT2D eigenvalue weighted by Crippen LogP contribution is -2.25. The second kappa shape index (κ2) is 5.82. The molecule has 1 aliphatic rings. The fourth-order valence-electron chi connectivity index (χ4n) is 2.22. The molecule has 0 radical (unpaired) electrons. The number of carbonyl (C=O) groups is 1. The molecule has 1 aromatic rings. The summed E-state index contributed by atoms with van der Waals surface area (Å²) in [7, 11) is 0. The Bertz CT molecular complexity index is 571. The summed E-state index contributed by atoms with van der Waals surface area (Å²) < 4.78 is 0.813. The van der Waals surface area contributed by atoms with Crippen LogP contribution in [0, 0.1) is 12.8 Å². The van der Waals surface area contributed by atoms with Gasteiger partial charge in [0.05, 0.1) is 5.02 Å². The minimum Gasteiger partial charge on any atom is -0.312 e.